The Morgan fingerprint density at radius 2 is 2.26 bits per heavy atom. The number of aromatic amines is 1. The van der Waals surface area contributed by atoms with Crippen LogP contribution in [0.2, 0.25) is 0 Å². The lowest BCUT2D eigenvalue weighted by Crippen LogP contribution is -2.20. The number of carbonyl (C=O) groups is 2. The lowest BCUT2D eigenvalue weighted by molar-refractivity contribution is -0.388. The molecule has 0 fully saturated rings. The summed E-state index contributed by atoms with van der Waals surface area (Å²) in [5.74, 6) is -0.463. The van der Waals surface area contributed by atoms with Crippen molar-refractivity contribution in [2.24, 2.45) is 11.7 Å². The van der Waals surface area contributed by atoms with Crippen LogP contribution in [0.3, 0.4) is 0 Å². The van der Waals surface area contributed by atoms with Crippen LogP contribution in [0.4, 0.5) is 10.7 Å². The fourth-order valence-electron chi connectivity index (χ4n) is 3.11. The van der Waals surface area contributed by atoms with Gasteiger partial charge in [0.25, 0.3) is 5.91 Å². The number of amides is 2. The van der Waals surface area contributed by atoms with Crippen LogP contribution in [0.15, 0.2) is 5.03 Å². The minimum Gasteiger partial charge on any atom is -0.365 e. The first-order valence-corrected chi connectivity index (χ1v) is 10.1. The van der Waals surface area contributed by atoms with E-state index in [9.17, 15) is 19.7 Å². The molecular formula is C16H19N5O4S2. The van der Waals surface area contributed by atoms with Gasteiger partial charge in [-0.25, -0.2) is 0 Å². The predicted molar refractivity (Wildman–Crippen MR) is 103 cm³/mol. The van der Waals surface area contributed by atoms with Gasteiger partial charge in [0, 0.05) is 4.88 Å². The number of nitrogens with zero attached hydrogens (tertiary/aromatic N) is 2. The Morgan fingerprint density at radius 3 is 2.93 bits per heavy atom. The molecule has 11 heteroatoms. The maximum absolute atomic E-state index is 12.3. The molecule has 1 aliphatic rings. The second-order valence-electron chi connectivity index (χ2n) is 6.52. The van der Waals surface area contributed by atoms with Crippen molar-refractivity contribution in [3.05, 3.63) is 31.8 Å². The highest BCUT2D eigenvalue weighted by Gasteiger charge is 2.28. The van der Waals surface area contributed by atoms with Gasteiger partial charge >= 0.3 is 5.69 Å². The molecule has 0 radical (unpaired) electrons. The molecule has 0 aromatic carbocycles. The van der Waals surface area contributed by atoms with Crippen molar-refractivity contribution in [1.29, 1.82) is 0 Å². The summed E-state index contributed by atoms with van der Waals surface area (Å²) in [6.07, 6.45) is 2.62. The number of hydrogen-bond acceptors (Lipinski definition) is 7. The highest BCUT2D eigenvalue weighted by Crippen LogP contribution is 2.39. The maximum atomic E-state index is 12.3. The van der Waals surface area contributed by atoms with Crippen LogP contribution in [0.5, 0.6) is 0 Å². The number of primary amides is 1. The molecule has 0 bridgehead atoms. The first kappa shape index (κ1) is 19.4. The summed E-state index contributed by atoms with van der Waals surface area (Å²) in [5, 5.41) is 20.9. The van der Waals surface area contributed by atoms with E-state index < -0.39 is 10.8 Å². The summed E-state index contributed by atoms with van der Waals surface area (Å²) in [5.41, 5.74) is 7.06. The third-order valence-electron chi connectivity index (χ3n) is 4.42. The molecule has 0 aliphatic heterocycles. The highest BCUT2D eigenvalue weighted by atomic mass is 32.2. The molecule has 0 saturated heterocycles. The summed E-state index contributed by atoms with van der Waals surface area (Å²) >= 11 is 2.35. The second kappa shape index (κ2) is 7.69. The van der Waals surface area contributed by atoms with Gasteiger partial charge in [0.15, 0.2) is 5.03 Å². The lowest BCUT2D eigenvalue weighted by atomic mass is 9.88. The van der Waals surface area contributed by atoms with Crippen LogP contribution in [-0.4, -0.2) is 32.7 Å². The van der Waals surface area contributed by atoms with Gasteiger partial charge in [0.2, 0.25) is 5.91 Å². The van der Waals surface area contributed by atoms with Crippen LogP contribution >= 0.6 is 23.1 Å². The molecule has 0 unspecified atom stereocenters. The SMILES string of the molecule is Cc1[nH]nc(SCC(=O)Nc2sc3c(c2C(N)=O)CC[C@@H](C)C3)c1[N+](=O)[O-]. The molecule has 27 heavy (non-hydrogen) atoms. The Bertz CT molecular complexity index is 920. The van der Waals surface area contributed by atoms with Crippen molar-refractivity contribution in [1.82, 2.24) is 10.2 Å². The fraction of sp³-hybridized carbons (Fsp3) is 0.438. The van der Waals surface area contributed by atoms with Gasteiger partial charge < -0.3 is 11.1 Å². The summed E-state index contributed by atoms with van der Waals surface area (Å²) in [6, 6.07) is 0. The third kappa shape index (κ3) is 3.98. The number of thioether (sulfide) groups is 1. The molecule has 1 aliphatic carbocycles. The largest absolute Gasteiger partial charge is 0.365 e. The normalized spacial score (nSPS) is 16.0. The Labute approximate surface area is 163 Å². The zero-order valence-corrected chi connectivity index (χ0v) is 16.5. The number of carbonyl (C=O) groups excluding carboxylic acids is 2. The van der Waals surface area contributed by atoms with Crippen molar-refractivity contribution in [3.63, 3.8) is 0 Å². The van der Waals surface area contributed by atoms with Crippen LogP contribution in [0, 0.1) is 23.0 Å². The van der Waals surface area contributed by atoms with E-state index in [4.69, 9.17) is 5.73 Å². The first-order valence-electron chi connectivity index (χ1n) is 8.34. The Balaban J connectivity index is 1.73. The van der Waals surface area contributed by atoms with E-state index in [1.54, 1.807) is 6.92 Å². The molecule has 144 valence electrons. The summed E-state index contributed by atoms with van der Waals surface area (Å²) in [7, 11) is 0. The van der Waals surface area contributed by atoms with E-state index in [2.05, 4.69) is 22.4 Å². The molecular weight excluding hydrogens is 390 g/mol. The molecule has 0 saturated carbocycles. The molecule has 0 spiro atoms. The zero-order valence-electron chi connectivity index (χ0n) is 14.8. The molecule has 2 amide bonds. The number of hydrogen-bond donors (Lipinski definition) is 3. The number of thiophene rings is 1. The Morgan fingerprint density at radius 1 is 1.52 bits per heavy atom. The summed E-state index contributed by atoms with van der Waals surface area (Å²) in [6.45, 7) is 3.70. The number of nitro groups is 1. The van der Waals surface area contributed by atoms with Gasteiger partial charge in [-0.15, -0.1) is 11.3 Å². The number of H-pyrrole nitrogens is 1. The standard InChI is InChI=1S/C16H19N5O4S2/c1-7-3-4-9-10(5-7)27-15(12(9)14(17)23)18-11(22)6-26-16-13(21(24)25)8(2)19-20-16/h7H,3-6H2,1-2H3,(H2,17,23)(H,18,22)(H,19,20)/t7-/m1/s1. The van der Waals surface area contributed by atoms with Crippen molar-refractivity contribution in [3.8, 4) is 0 Å². The van der Waals surface area contributed by atoms with Crippen molar-refractivity contribution < 1.29 is 14.5 Å². The lowest BCUT2D eigenvalue weighted by Gasteiger charge is -2.18. The number of aromatic nitrogens is 2. The van der Waals surface area contributed by atoms with E-state index in [1.165, 1.54) is 11.3 Å². The molecule has 9 nitrogen and oxygen atoms in total. The number of aryl methyl sites for hydroxylation is 1. The molecule has 2 aromatic heterocycles. The van der Waals surface area contributed by atoms with E-state index in [-0.39, 0.29) is 22.4 Å². The monoisotopic (exact) mass is 409 g/mol. The van der Waals surface area contributed by atoms with E-state index >= 15 is 0 Å². The molecule has 3 rings (SSSR count). The van der Waals surface area contributed by atoms with Gasteiger partial charge in [-0.1, -0.05) is 18.7 Å². The smallest absolute Gasteiger partial charge is 0.323 e. The van der Waals surface area contributed by atoms with Crippen molar-refractivity contribution >= 4 is 45.6 Å². The topological polar surface area (TPSA) is 144 Å². The Kier molecular flexibility index (Phi) is 5.51. The van der Waals surface area contributed by atoms with Crippen LogP contribution in [-0.2, 0) is 17.6 Å². The van der Waals surface area contributed by atoms with Gasteiger partial charge in [0.1, 0.15) is 10.7 Å². The number of nitrogens with one attached hydrogen (secondary N) is 2. The molecule has 2 heterocycles. The average molecular weight is 409 g/mol. The van der Waals surface area contributed by atoms with Gasteiger partial charge in [-0.3, -0.25) is 24.8 Å². The minimum atomic E-state index is -0.552. The van der Waals surface area contributed by atoms with Crippen LogP contribution < -0.4 is 11.1 Å². The van der Waals surface area contributed by atoms with Gasteiger partial charge in [0.05, 0.1) is 16.2 Å². The molecule has 1 atom stereocenters. The number of fused-ring (bicyclic) bond motifs is 1. The minimum absolute atomic E-state index is 0.0672. The maximum Gasteiger partial charge on any atom is 0.323 e. The van der Waals surface area contributed by atoms with Crippen molar-refractivity contribution in [2.75, 3.05) is 11.1 Å². The van der Waals surface area contributed by atoms with Crippen LogP contribution in [0.1, 0.15) is 39.8 Å². The zero-order chi connectivity index (χ0) is 19.7. The quantitative estimate of drug-likeness (QED) is 0.380. The van der Waals surface area contributed by atoms with Gasteiger partial charge in [-0.2, -0.15) is 5.10 Å². The predicted octanol–water partition coefficient (Wildman–Crippen LogP) is 2.64. The second-order valence-corrected chi connectivity index (χ2v) is 8.59. The third-order valence-corrected chi connectivity index (χ3v) is 6.55. The fourth-order valence-corrected chi connectivity index (χ4v) is 5.36. The van der Waals surface area contributed by atoms with Crippen molar-refractivity contribution in [2.45, 2.75) is 38.1 Å². The summed E-state index contributed by atoms with van der Waals surface area (Å²) < 4.78 is 0. The van der Waals surface area contributed by atoms with E-state index in [0.29, 0.717) is 22.2 Å². The number of nitrogens with two attached hydrogens (primary N) is 1. The first-order chi connectivity index (χ1) is 12.8. The van der Waals surface area contributed by atoms with Gasteiger partial charge in [-0.05, 0) is 37.7 Å². The Hall–Kier alpha value is -2.40. The highest BCUT2D eigenvalue weighted by molar-refractivity contribution is 8.00. The number of anilines is 1. The summed E-state index contributed by atoms with van der Waals surface area (Å²) in [4.78, 5) is 35.9. The number of rotatable bonds is 6. The van der Waals surface area contributed by atoms with E-state index in [0.717, 1.165) is 41.5 Å². The van der Waals surface area contributed by atoms with Crippen LogP contribution in [0.25, 0.3) is 0 Å². The molecule has 2 aromatic rings. The average Bonchev–Trinajstić information content (AvgIpc) is 3.12. The molecule has 4 N–H and O–H groups in total. The van der Waals surface area contributed by atoms with E-state index in [1.807, 2.05) is 0 Å².